The van der Waals surface area contributed by atoms with Crippen molar-refractivity contribution in [3.63, 3.8) is 0 Å². The monoisotopic (exact) mass is 544 g/mol. The minimum atomic E-state index is -0.124. The zero-order valence-electron chi connectivity index (χ0n) is 18.5. The number of halogens is 4. The highest BCUT2D eigenvalue weighted by molar-refractivity contribution is 6.42. The van der Waals surface area contributed by atoms with Gasteiger partial charge in [0, 0.05) is 31.7 Å². The first-order valence-electron chi connectivity index (χ1n) is 11.0. The molecule has 5 rings (SSSR count). The molecule has 0 aliphatic carbocycles. The van der Waals surface area contributed by atoms with Gasteiger partial charge in [-0.25, -0.2) is 4.68 Å². The summed E-state index contributed by atoms with van der Waals surface area (Å²) >= 11 is 25.2. The smallest absolute Gasteiger partial charge is 0.272 e. The van der Waals surface area contributed by atoms with Crippen molar-refractivity contribution in [1.29, 1.82) is 0 Å². The largest absolute Gasteiger partial charge is 0.367 e. The Morgan fingerprint density at radius 3 is 2.09 bits per heavy atom. The summed E-state index contributed by atoms with van der Waals surface area (Å²) in [5, 5.41) is 6.79. The molecule has 0 bridgehead atoms. The number of hydrogen-bond donors (Lipinski definition) is 0. The van der Waals surface area contributed by atoms with E-state index in [1.807, 2.05) is 47.4 Å². The lowest BCUT2D eigenvalue weighted by molar-refractivity contribution is 0.0737. The van der Waals surface area contributed by atoms with Crippen molar-refractivity contribution in [2.24, 2.45) is 0 Å². The number of nitrogens with zero attached hydrogens (tertiary/aromatic N) is 4. The van der Waals surface area contributed by atoms with E-state index in [0.717, 1.165) is 11.3 Å². The van der Waals surface area contributed by atoms with Gasteiger partial charge in [-0.2, -0.15) is 5.10 Å². The van der Waals surface area contributed by atoms with Crippen molar-refractivity contribution < 1.29 is 4.79 Å². The summed E-state index contributed by atoms with van der Waals surface area (Å²) < 4.78 is 1.60. The van der Waals surface area contributed by atoms with Gasteiger partial charge in [-0.05, 0) is 42.5 Å². The first-order valence-corrected chi connectivity index (χ1v) is 12.5. The Kier molecular flexibility index (Phi) is 6.94. The molecule has 1 aliphatic rings. The van der Waals surface area contributed by atoms with Crippen molar-refractivity contribution in [2.45, 2.75) is 0 Å². The molecular weight excluding hydrogens is 526 g/mol. The molecule has 4 aromatic rings. The molecule has 0 spiro atoms. The maximum atomic E-state index is 13.7. The van der Waals surface area contributed by atoms with Crippen LogP contribution in [-0.2, 0) is 0 Å². The highest BCUT2D eigenvalue weighted by Gasteiger charge is 2.27. The van der Waals surface area contributed by atoms with Gasteiger partial charge in [0.2, 0.25) is 0 Å². The number of anilines is 1. The average molecular weight is 546 g/mol. The summed E-state index contributed by atoms with van der Waals surface area (Å²) in [7, 11) is 0. The molecule has 2 heterocycles. The number of carbonyl (C=O) groups excluding carboxylic acids is 1. The summed E-state index contributed by atoms with van der Waals surface area (Å²) in [6, 6.07) is 22.1. The second kappa shape index (κ2) is 10.1. The highest BCUT2D eigenvalue weighted by atomic mass is 35.5. The normalized spacial score (nSPS) is 13.8. The molecule has 1 saturated heterocycles. The zero-order valence-corrected chi connectivity index (χ0v) is 21.5. The van der Waals surface area contributed by atoms with Crippen LogP contribution in [-0.4, -0.2) is 46.8 Å². The first-order chi connectivity index (χ1) is 16.9. The molecular formula is C26H20Cl4N4O. The molecule has 9 heteroatoms. The lowest BCUT2D eigenvalue weighted by atomic mass is 10.1. The van der Waals surface area contributed by atoms with Crippen LogP contribution in [0, 0.1) is 0 Å². The molecule has 1 fully saturated rings. The van der Waals surface area contributed by atoms with E-state index in [-0.39, 0.29) is 5.91 Å². The fourth-order valence-electron chi connectivity index (χ4n) is 4.17. The zero-order chi connectivity index (χ0) is 24.5. The van der Waals surface area contributed by atoms with E-state index in [1.165, 1.54) is 0 Å². The van der Waals surface area contributed by atoms with Gasteiger partial charge in [0.15, 0.2) is 0 Å². The van der Waals surface area contributed by atoms with Crippen molar-refractivity contribution in [2.75, 3.05) is 31.1 Å². The van der Waals surface area contributed by atoms with E-state index in [4.69, 9.17) is 51.5 Å². The van der Waals surface area contributed by atoms with Crippen molar-refractivity contribution in [1.82, 2.24) is 14.7 Å². The van der Waals surface area contributed by atoms with Crippen LogP contribution in [0.1, 0.15) is 10.5 Å². The van der Waals surface area contributed by atoms with E-state index in [9.17, 15) is 4.79 Å². The number of aromatic nitrogens is 2. The van der Waals surface area contributed by atoms with Crippen LogP contribution < -0.4 is 4.90 Å². The Morgan fingerprint density at radius 1 is 0.714 bits per heavy atom. The third kappa shape index (κ3) is 4.87. The summed E-state index contributed by atoms with van der Waals surface area (Å²) in [5.41, 5.74) is 3.37. The second-order valence-electron chi connectivity index (χ2n) is 8.14. The molecule has 178 valence electrons. The van der Waals surface area contributed by atoms with E-state index >= 15 is 0 Å². The van der Waals surface area contributed by atoms with E-state index in [2.05, 4.69) is 4.90 Å². The summed E-state index contributed by atoms with van der Waals surface area (Å²) in [6.07, 6.45) is 0. The topological polar surface area (TPSA) is 41.4 Å². The third-order valence-electron chi connectivity index (χ3n) is 5.99. The highest BCUT2D eigenvalue weighted by Crippen LogP contribution is 2.31. The number of benzene rings is 3. The van der Waals surface area contributed by atoms with Crippen LogP contribution in [0.15, 0.2) is 72.8 Å². The number of carbonyl (C=O) groups is 1. The van der Waals surface area contributed by atoms with E-state index in [0.29, 0.717) is 63.3 Å². The van der Waals surface area contributed by atoms with Crippen LogP contribution in [0.4, 0.5) is 5.69 Å². The van der Waals surface area contributed by atoms with Crippen molar-refractivity contribution >= 4 is 58.0 Å². The minimum Gasteiger partial charge on any atom is -0.367 e. The summed E-state index contributed by atoms with van der Waals surface area (Å²) in [5.74, 6) is -0.124. The standard InChI is InChI=1S/C26H20Cl4N4O/c27-19-6-2-1-5-18(19)23-16-25(34(31-23)17-9-10-20(28)22(30)15-17)26(35)33-13-11-32(12-14-33)24-8-4-3-7-21(24)29/h1-10,15-16H,11-14H2. The van der Waals surface area contributed by atoms with Crippen LogP contribution in [0.5, 0.6) is 0 Å². The summed E-state index contributed by atoms with van der Waals surface area (Å²) in [6.45, 7) is 2.46. The van der Waals surface area contributed by atoms with Crippen LogP contribution in [0.3, 0.4) is 0 Å². The van der Waals surface area contributed by atoms with Gasteiger partial charge in [-0.15, -0.1) is 0 Å². The molecule has 0 unspecified atom stereocenters. The Balaban J connectivity index is 1.47. The van der Waals surface area contributed by atoms with Gasteiger partial charge in [-0.1, -0.05) is 76.7 Å². The van der Waals surface area contributed by atoms with Crippen molar-refractivity contribution in [3.05, 3.63) is 98.6 Å². The maximum Gasteiger partial charge on any atom is 0.272 e. The quantitative estimate of drug-likeness (QED) is 0.274. The lowest BCUT2D eigenvalue weighted by Gasteiger charge is -2.36. The number of rotatable bonds is 4. The lowest BCUT2D eigenvalue weighted by Crippen LogP contribution is -2.49. The van der Waals surface area contributed by atoms with Crippen LogP contribution in [0.25, 0.3) is 16.9 Å². The Labute approximate surface area is 223 Å². The predicted octanol–water partition coefficient (Wildman–Crippen LogP) is 7.12. The summed E-state index contributed by atoms with van der Waals surface area (Å²) in [4.78, 5) is 17.7. The maximum absolute atomic E-state index is 13.7. The molecule has 0 N–H and O–H groups in total. The van der Waals surface area contributed by atoms with E-state index < -0.39 is 0 Å². The molecule has 5 nitrogen and oxygen atoms in total. The first kappa shape index (κ1) is 24.0. The van der Waals surface area contributed by atoms with E-state index in [1.54, 1.807) is 35.0 Å². The van der Waals surface area contributed by atoms with Gasteiger partial charge in [0.25, 0.3) is 5.91 Å². The molecule has 35 heavy (non-hydrogen) atoms. The van der Waals surface area contributed by atoms with Gasteiger partial charge in [0.05, 0.1) is 37.2 Å². The molecule has 1 aliphatic heterocycles. The SMILES string of the molecule is O=C(c1cc(-c2ccccc2Cl)nn1-c1ccc(Cl)c(Cl)c1)N1CCN(c2ccccc2Cl)CC1. The third-order valence-corrected chi connectivity index (χ3v) is 7.37. The molecule has 1 aromatic heterocycles. The van der Waals surface area contributed by atoms with Crippen LogP contribution >= 0.6 is 46.4 Å². The molecule has 0 radical (unpaired) electrons. The molecule has 3 aromatic carbocycles. The fourth-order valence-corrected chi connectivity index (χ4v) is 4.95. The number of hydrogen-bond acceptors (Lipinski definition) is 3. The van der Waals surface area contributed by atoms with Crippen molar-refractivity contribution in [3.8, 4) is 16.9 Å². The van der Waals surface area contributed by atoms with Gasteiger partial charge >= 0.3 is 0 Å². The molecule has 0 atom stereocenters. The number of piperazine rings is 1. The Bertz CT molecular complexity index is 1400. The van der Waals surface area contributed by atoms with Gasteiger partial charge in [0.1, 0.15) is 5.69 Å². The molecule has 1 amide bonds. The number of para-hydroxylation sites is 1. The Hall–Kier alpha value is -2.70. The average Bonchev–Trinajstić information content (AvgIpc) is 3.31. The molecule has 0 saturated carbocycles. The Morgan fingerprint density at radius 2 is 1.40 bits per heavy atom. The van der Waals surface area contributed by atoms with Gasteiger partial charge < -0.3 is 9.80 Å². The van der Waals surface area contributed by atoms with Gasteiger partial charge in [-0.3, -0.25) is 4.79 Å². The second-order valence-corrected chi connectivity index (χ2v) is 9.76. The number of amides is 1. The van der Waals surface area contributed by atoms with Crippen LogP contribution in [0.2, 0.25) is 20.1 Å². The predicted molar refractivity (Wildman–Crippen MR) is 144 cm³/mol. The minimum absolute atomic E-state index is 0.124. The fraction of sp³-hybridized carbons (Fsp3) is 0.154.